The lowest BCUT2D eigenvalue weighted by Crippen LogP contribution is -2.50. The third-order valence-corrected chi connectivity index (χ3v) is 5.60. The van der Waals surface area contributed by atoms with Gasteiger partial charge in [0.05, 0.1) is 48.5 Å². The number of rotatable bonds is 5. The van der Waals surface area contributed by atoms with Gasteiger partial charge in [0.2, 0.25) is 0 Å². The smallest absolute Gasteiger partial charge is 0.256 e. The standard InChI is InChI=1S/C24H22N6O3/c31-22-7-6-17(15-20(22)23-25-8-3-9-26-23)14-18-16-33-13-12-29(18)24(32)19-4-1-2-5-21(19)30-27-10-11-28-30/h1-11,15,18,31H,12-14,16H2. The zero-order valence-electron chi connectivity index (χ0n) is 17.8. The van der Waals surface area contributed by atoms with Crippen LogP contribution in [0.25, 0.3) is 17.1 Å². The van der Waals surface area contributed by atoms with Crippen molar-refractivity contribution in [3.63, 3.8) is 0 Å². The fraction of sp³-hybridized carbons (Fsp3) is 0.208. The highest BCUT2D eigenvalue weighted by atomic mass is 16.5. The molecule has 9 heteroatoms. The van der Waals surface area contributed by atoms with Crippen LogP contribution in [0.5, 0.6) is 5.75 Å². The van der Waals surface area contributed by atoms with Crippen LogP contribution in [0.3, 0.4) is 0 Å². The molecule has 2 aromatic heterocycles. The van der Waals surface area contributed by atoms with E-state index in [1.807, 2.05) is 35.2 Å². The Morgan fingerprint density at radius 2 is 1.82 bits per heavy atom. The van der Waals surface area contributed by atoms with Gasteiger partial charge in [-0.2, -0.15) is 15.0 Å². The summed E-state index contributed by atoms with van der Waals surface area (Å²) >= 11 is 0. The number of benzene rings is 2. The maximum atomic E-state index is 13.6. The molecule has 1 unspecified atom stereocenters. The third-order valence-electron chi connectivity index (χ3n) is 5.60. The molecule has 1 aliphatic rings. The number of carbonyl (C=O) groups is 1. The lowest BCUT2D eigenvalue weighted by Gasteiger charge is -2.36. The first-order valence-electron chi connectivity index (χ1n) is 10.6. The second kappa shape index (κ2) is 9.17. The van der Waals surface area contributed by atoms with Gasteiger partial charge >= 0.3 is 0 Å². The Balaban J connectivity index is 1.42. The van der Waals surface area contributed by atoms with Crippen molar-refractivity contribution < 1.29 is 14.6 Å². The summed E-state index contributed by atoms with van der Waals surface area (Å²) < 4.78 is 5.71. The molecule has 0 aliphatic carbocycles. The van der Waals surface area contributed by atoms with Crippen LogP contribution < -0.4 is 0 Å². The fourth-order valence-electron chi connectivity index (χ4n) is 4.01. The molecule has 1 aliphatic heterocycles. The number of hydrogen-bond acceptors (Lipinski definition) is 7. The molecule has 0 spiro atoms. The van der Waals surface area contributed by atoms with Gasteiger partial charge in [-0.15, -0.1) is 0 Å². The summed E-state index contributed by atoms with van der Waals surface area (Å²) in [5, 5.41) is 18.7. The molecule has 33 heavy (non-hydrogen) atoms. The van der Waals surface area contributed by atoms with Gasteiger partial charge in [0.1, 0.15) is 5.75 Å². The molecule has 1 amide bonds. The second-order valence-electron chi connectivity index (χ2n) is 7.69. The maximum Gasteiger partial charge on any atom is 0.256 e. The minimum absolute atomic E-state index is 0.0957. The van der Waals surface area contributed by atoms with Crippen molar-refractivity contribution in [1.82, 2.24) is 29.9 Å². The van der Waals surface area contributed by atoms with E-state index in [1.165, 1.54) is 4.80 Å². The van der Waals surface area contributed by atoms with Gasteiger partial charge in [-0.3, -0.25) is 4.79 Å². The normalized spacial score (nSPS) is 16.0. The Labute approximate surface area is 190 Å². The van der Waals surface area contributed by atoms with Crippen LogP contribution in [-0.4, -0.2) is 66.7 Å². The summed E-state index contributed by atoms with van der Waals surface area (Å²) in [7, 11) is 0. The average Bonchev–Trinajstić information content (AvgIpc) is 3.41. The number of amides is 1. The molecule has 3 heterocycles. The zero-order chi connectivity index (χ0) is 22.6. The van der Waals surface area contributed by atoms with Crippen molar-refractivity contribution in [2.75, 3.05) is 19.8 Å². The molecule has 1 N–H and O–H groups in total. The molecule has 1 fully saturated rings. The summed E-state index contributed by atoms with van der Waals surface area (Å²) in [6.07, 6.45) is 6.99. The largest absolute Gasteiger partial charge is 0.507 e. The molecule has 5 rings (SSSR count). The SMILES string of the molecule is O=C(c1ccccc1-n1nccn1)N1CCOCC1Cc1ccc(O)c(-c2ncccn2)c1. The lowest BCUT2D eigenvalue weighted by molar-refractivity contribution is -0.00165. The number of para-hydroxylation sites is 1. The highest BCUT2D eigenvalue weighted by Crippen LogP contribution is 2.28. The van der Waals surface area contributed by atoms with E-state index in [4.69, 9.17) is 4.74 Å². The van der Waals surface area contributed by atoms with Crippen LogP contribution in [0.2, 0.25) is 0 Å². The number of carbonyl (C=O) groups excluding carboxylic acids is 1. The molecular formula is C24H22N6O3. The summed E-state index contributed by atoms with van der Waals surface area (Å²) in [6.45, 7) is 1.38. The maximum absolute atomic E-state index is 13.6. The first kappa shape index (κ1) is 20.8. The van der Waals surface area contributed by atoms with Gasteiger partial charge in [0, 0.05) is 18.9 Å². The van der Waals surface area contributed by atoms with Crippen LogP contribution in [0, 0.1) is 0 Å². The molecule has 4 aromatic rings. The van der Waals surface area contributed by atoms with Crippen molar-refractivity contribution in [3.8, 4) is 22.8 Å². The number of nitrogens with zero attached hydrogens (tertiary/aromatic N) is 6. The average molecular weight is 442 g/mol. The van der Waals surface area contributed by atoms with E-state index in [1.54, 1.807) is 43.0 Å². The Hall–Kier alpha value is -4.11. The van der Waals surface area contributed by atoms with Crippen LogP contribution in [0.4, 0.5) is 0 Å². The molecule has 166 valence electrons. The molecule has 0 saturated carbocycles. The van der Waals surface area contributed by atoms with Gasteiger partial charge in [-0.25, -0.2) is 9.97 Å². The Bertz CT molecular complexity index is 1250. The molecule has 1 saturated heterocycles. The summed E-state index contributed by atoms with van der Waals surface area (Å²) in [5.41, 5.74) is 2.67. The molecule has 2 aromatic carbocycles. The first-order valence-corrected chi connectivity index (χ1v) is 10.6. The monoisotopic (exact) mass is 442 g/mol. The number of aromatic hydroxyl groups is 1. The van der Waals surface area contributed by atoms with Crippen LogP contribution in [-0.2, 0) is 11.2 Å². The third kappa shape index (κ3) is 4.31. The van der Waals surface area contributed by atoms with Crippen molar-refractivity contribution in [3.05, 3.63) is 84.4 Å². The van der Waals surface area contributed by atoms with E-state index in [0.717, 1.165) is 5.56 Å². The summed E-state index contributed by atoms with van der Waals surface area (Å²) in [4.78, 5) is 25.4. The molecule has 9 nitrogen and oxygen atoms in total. The van der Waals surface area contributed by atoms with Gasteiger partial charge in [0.25, 0.3) is 5.91 Å². The van der Waals surface area contributed by atoms with Gasteiger partial charge in [-0.05, 0) is 42.3 Å². The predicted octanol–water partition coefficient (Wildman–Crippen LogP) is 2.51. The predicted molar refractivity (Wildman–Crippen MR) is 120 cm³/mol. The van der Waals surface area contributed by atoms with Crippen LogP contribution >= 0.6 is 0 Å². The van der Waals surface area contributed by atoms with Crippen molar-refractivity contribution in [2.24, 2.45) is 0 Å². The van der Waals surface area contributed by atoms with Gasteiger partial charge < -0.3 is 14.7 Å². The number of hydrogen-bond donors (Lipinski definition) is 1. The minimum Gasteiger partial charge on any atom is -0.507 e. The van der Waals surface area contributed by atoms with E-state index in [0.29, 0.717) is 48.8 Å². The number of ether oxygens (including phenoxy) is 1. The quantitative estimate of drug-likeness (QED) is 0.506. The van der Waals surface area contributed by atoms with Crippen molar-refractivity contribution in [1.29, 1.82) is 0 Å². The topological polar surface area (TPSA) is 106 Å². The van der Waals surface area contributed by atoms with Crippen LogP contribution in [0.1, 0.15) is 15.9 Å². The van der Waals surface area contributed by atoms with E-state index < -0.39 is 0 Å². The molecule has 0 radical (unpaired) electrons. The second-order valence-corrected chi connectivity index (χ2v) is 7.69. The number of phenolic OH excluding ortho intramolecular Hbond substituents is 1. The molecule has 0 bridgehead atoms. The molecule has 1 atom stereocenters. The highest BCUT2D eigenvalue weighted by Gasteiger charge is 2.30. The van der Waals surface area contributed by atoms with Crippen molar-refractivity contribution >= 4 is 5.91 Å². The number of morpholine rings is 1. The minimum atomic E-state index is -0.168. The Morgan fingerprint density at radius 3 is 2.64 bits per heavy atom. The fourth-order valence-corrected chi connectivity index (χ4v) is 4.01. The van der Waals surface area contributed by atoms with Crippen LogP contribution in [0.15, 0.2) is 73.3 Å². The summed E-state index contributed by atoms with van der Waals surface area (Å²) in [5.74, 6) is 0.463. The highest BCUT2D eigenvalue weighted by molar-refractivity contribution is 5.98. The zero-order valence-corrected chi connectivity index (χ0v) is 17.8. The number of aromatic nitrogens is 5. The van der Waals surface area contributed by atoms with E-state index >= 15 is 0 Å². The molecular weight excluding hydrogens is 420 g/mol. The Kier molecular flexibility index (Phi) is 5.77. The van der Waals surface area contributed by atoms with Crippen molar-refractivity contribution in [2.45, 2.75) is 12.5 Å². The number of phenols is 1. The Morgan fingerprint density at radius 1 is 1.03 bits per heavy atom. The van der Waals surface area contributed by atoms with E-state index in [-0.39, 0.29) is 17.7 Å². The van der Waals surface area contributed by atoms with E-state index in [2.05, 4.69) is 20.2 Å². The van der Waals surface area contributed by atoms with Gasteiger partial charge in [0.15, 0.2) is 5.82 Å². The summed E-state index contributed by atoms with van der Waals surface area (Å²) in [6, 6.07) is 14.2. The van der Waals surface area contributed by atoms with Gasteiger partial charge in [-0.1, -0.05) is 18.2 Å². The lowest BCUT2D eigenvalue weighted by atomic mass is 10.00. The first-order chi connectivity index (χ1) is 16.2. The van der Waals surface area contributed by atoms with E-state index in [9.17, 15) is 9.90 Å².